The van der Waals surface area contributed by atoms with Crippen molar-refractivity contribution in [2.75, 3.05) is 12.8 Å². The molecule has 2 atom stereocenters. The summed E-state index contributed by atoms with van der Waals surface area (Å²) in [5.41, 5.74) is 2.39. The Morgan fingerprint density at radius 3 is 1.62 bits per heavy atom. The topological polar surface area (TPSA) is 38.7 Å². The lowest BCUT2D eigenvalue weighted by atomic mass is 9.98. The lowest BCUT2D eigenvalue weighted by Gasteiger charge is -2.23. The third-order valence-corrected chi connectivity index (χ3v) is 6.17. The zero-order chi connectivity index (χ0) is 18.9. The quantitative estimate of drug-likeness (QED) is 0.484. The van der Waals surface area contributed by atoms with E-state index in [0.29, 0.717) is 18.0 Å². The fourth-order valence-electron chi connectivity index (χ4n) is 2.79. The van der Waals surface area contributed by atoms with Gasteiger partial charge in [0.25, 0.3) is 8.38 Å². The van der Waals surface area contributed by atoms with E-state index in [1.165, 1.54) is 11.1 Å². The minimum atomic E-state index is -1.26. The van der Waals surface area contributed by atoms with Gasteiger partial charge in [0.05, 0.1) is 12.8 Å². The van der Waals surface area contributed by atoms with Gasteiger partial charge in [0.2, 0.25) is 0 Å². The molecule has 0 saturated heterocycles. The van der Waals surface area contributed by atoms with Gasteiger partial charge >= 0.3 is 0 Å². The molecule has 26 heavy (non-hydrogen) atoms. The Balaban J connectivity index is 2.24. The zero-order valence-corrected chi connectivity index (χ0v) is 17.2. The van der Waals surface area contributed by atoms with Crippen LogP contribution >= 0.6 is 8.38 Å². The number of aliphatic hydroxyl groups is 1. The van der Waals surface area contributed by atoms with E-state index in [-0.39, 0.29) is 6.61 Å². The third kappa shape index (κ3) is 5.46. The molecule has 0 saturated carbocycles. The van der Waals surface area contributed by atoms with E-state index in [1.54, 1.807) is 0 Å². The highest BCUT2D eigenvalue weighted by atomic mass is 31.2. The largest absolute Gasteiger partial charge is 0.438 e. The van der Waals surface area contributed by atoms with Crippen LogP contribution in [0.3, 0.4) is 0 Å². The van der Waals surface area contributed by atoms with E-state index < -0.39 is 8.38 Å². The monoisotopic (exact) mass is 374 g/mol. The Labute approximate surface area is 159 Å². The molecule has 0 fully saturated rings. The Kier molecular flexibility index (Phi) is 8.41. The highest BCUT2D eigenvalue weighted by Crippen LogP contribution is 2.44. The molecular weight excluding hydrogens is 343 g/mol. The van der Waals surface area contributed by atoms with Crippen molar-refractivity contribution in [1.82, 2.24) is 0 Å². The van der Waals surface area contributed by atoms with Crippen LogP contribution < -0.4 is 9.05 Å². The van der Waals surface area contributed by atoms with Crippen LogP contribution in [-0.4, -0.2) is 17.9 Å². The molecule has 2 rings (SSSR count). The maximum Gasteiger partial charge on any atom is 0.292 e. The molecular formula is C22H31O3P. The predicted octanol–water partition coefficient (Wildman–Crippen LogP) is 6.48. The van der Waals surface area contributed by atoms with Crippen molar-refractivity contribution in [1.29, 1.82) is 0 Å². The molecule has 0 aliphatic rings. The van der Waals surface area contributed by atoms with Crippen molar-refractivity contribution in [3.8, 4) is 11.5 Å². The SMILES string of the molecule is CCC(C)c1ccccc1OP(CCO)Oc1ccccc1C(C)CC. The number of hydrogen-bond donors (Lipinski definition) is 1. The van der Waals surface area contributed by atoms with Gasteiger partial charge in [-0.1, -0.05) is 64.1 Å². The molecule has 0 aliphatic heterocycles. The van der Waals surface area contributed by atoms with Gasteiger partial charge < -0.3 is 14.2 Å². The summed E-state index contributed by atoms with van der Waals surface area (Å²) in [6.45, 7) is 8.81. The van der Waals surface area contributed by atoms with Gasteiger partial charge in [0.15, 0.2) is 0 Å². The van der Waals surface area contributed by atoms with Crippen molar-refractivity contribution in [3.05, 3.63) is 59.7 Å². The summed E-state index contributed by atoms with van der Waals surface area (Å²) < 4.78 is 12.5. The number of rotatable bonds is 10. The number of hydrogen-bond acceptors (Lipinski definition) is 3. The minimum absolute atomic E-state index is 0.0443. The molecule has 2 aromatic rings. The fraction of sp³-hybridized carbons (Fsp3) is 0.455. The van der Waals surface area contributed by atoms with Crippen LogP contribution in [-0.2, 0) is 0 Å². The first kappa shape index (κ1) is 20.7. The van der Waals surface area contributed by atoms with Gasteiger partial charge in [-0.15, -0.1) is 0 Å². The van der Waals surface area contributed by atoms with Crippen LogP contribution in [0.1, 0.15) is 63.5 Å². The second kappa shape index (κ2) is 10.5. The molecule has 0 aliphatic carbocycles. The highest BCUT2D eigenvalue weighted by Gasteiger charge is 2.20. The van der Waals surface area contributed by atoms with E-state index in [2.05, 4.69) is 39.8 Å². The molecule has 0 heterocycles. The van der Waals surface area contributed by atoms with E-state index in [9.17, 15) is 5.11 Å². The molecule has 4 heteroatoms. The number of benzene rings is 2. The van der Waals surface area contributed by atoms with E-state index in [0.717, 1.165) is 24.3 Å². The van der Waals surface area contributed by atoms with Crippen LogP contribution in [0.2, 0.25) is 0 Å². The Morgan fingerprint density at radius 1 is 0.808 bits per heavy atom. The molecule has 142 valence electrons. The van der Waals surface area contributed by atoms with E-state index in [4.69, 9.17) is 9.05 Å². The predicted molar refractivity (Wildman–Crippen MR) is 110 cm³/mol. The summed E-state index contributed by atoms with van der Waals surface area (Å²) in [7, 11) is -1.26. The molecule has 0 amide bonds. The minimum Gasteiger partial charge on any atom is -0.438 e. The van der Waals surface area contributed by atoms with Gasteiger partial charge in [-0.2, -0.15) is 0 Å². The van der Waals surface area contributed by atoms with Gasteiger partial charge in [0, 0.05) is 0 Å². The third-order valence-electron chi connectivity index (χ3n) is 4.81. The van der Waals surface area contributed by atoms with E-state index in [1.807, 2.05) is 36.4 Å². The lowest BCUT2D eigenvalue weighted by Crippen LogP contribution is -2.06. The summed E-state index contributed by atoms with van der Waals surface area (Å²) in [5, 5.41) is 9.50. The van der Waals surface area contributed by atoms with Crippen LogP contribution in [0.15, 0.2) is 48.5 Å². The second-order valence-corrected chi connectivity index (χ2v) is 8.13. The summed E-state index contributed by atoms with van der Waals surface area (Å²) in [6.07, 6.45) is 2.59. The van der Waals surface area contributed by atoms with Gasteiger partial charge in [-0.3, -0.25) is 0 Å². The van der Waals surface area contributed by atoms with Crippen molar-refractivity contribution >= 4 is 8.38 Å². The Hall–Kier alpha value is -1.57. The normalized spacial score (nSPS) is 14.5. The van der Waals surface area contributed by atoms with Crippen LogP contribution in [0.25, 0.3) is 0 Å². The molecule has 3 nitrogen and oxygen atoms in total. The van der Waals surface area contributed by atoms with Crippen LogP contribution in [0, 0.1) is 0 Å². The van der Waals surface area contributed by atoms with Crippen molar-refractivity contribution < 1.29 is 14.2 Å². The standard InChI is InChI=1S/C22H31O3P/c1-5-17(3)19-11-7-9-13-21(19)24-26(16-15-23)25-22-14-10-8-12-20(22)18(4)6-2/h7-14,17-18,23H,5-6,15-16H2,1-4H3. The molecule has 1 N–H and O–H groups in total. The van der Waals surface area contributed by atoms with Crippen LogP contribution in [0.5, 0.6) is 11.5 Å². The second-order valence-electron chi connectivity index (χ2n) is 6.66. The van der Waals surface area contributed by atoms with E-state index >= 15 is 0 Å². The van der Waals surface area contributed by atoms with Gasteiger partial charge in [-0.25, -0.2) is 0 Å². The maximum atomic E-state index is 9.50. The lowest BCUT2D eigenvalue weighted by molar-refractivity contribution is 0.314. The molecule has 0 spiro atoms. The molecule has 2 unspecified atom stereocenters. The van der Waals surface area contributed by atoms with Gasteiger partial charge in [0.1, 0.15) is 11.5 Å². The number of aliphatic hydroxyl groups excluding tert-OH is 1. The number of para-hydroxylation sites is 2. The van der Waals surface area contributed by atoms with Crippen molar-refractivity contribution in [2.24, 2.45) is 0 Å². The Morgan fingerprint density at radius 2 is 1.23 bits per heavy atom. The van der Waals surface area contributed by atoms with Crippen molar-refractivity contribution in [3.63, 3.8) is 0 Å². The fourth-order valence-corrected chi connectivity index (χ4v) is 3.95. The maximum absolute atomic E-state index is 9.50. The first-order valence-corrected chi connectivity index (χ1v) is 10.9. The molecule has 2 aromatic carbocycles. The molecule has 0 bridgehead atoms. The Bertz CT molecular complexity index is 618. The summed E-state index contributed by atoms with van der Waals surface area (Å²) in [5.74, 6) is 2.57. The zero-order valence-electron chi connectivity index (χ0n) is 16.3. The highest BCUT2D eigenvalue weighted by molar-refractivity contribution is 7.48. The molecule has 0 radical (unpaired) electrons. The van der Waals surface area contributed by atoms with Crippen molar-refractivity contribution in [2.45, 2.75) is 52.4 Å². The smallest absolute Gasteiger partial charge is 0.292 e. The summed E-state index contributed by atoms with van der Waals surface area (Å²) >= 11 is 0. The average molecular weight is 374 g/mol. The summed E-state index contributed by atoms with van der Waals surface area (Å²) in [4.78, 5) is 0. The first-order chi connectivity index (χ1) is 12.6. The summed E-state index contributed by atoms with van der Waals surface area (Å²) in [6, 6.07) is 16.3. The first-order valence-electron chi connectivity index (χ1n) is 9.52. The molecule has 0 aromatic heterocycles. The van der Waals surface area contributed by atoms with Crippen LogP contribution in [0.4, 0.5) is 0 Å². The van der Waals surface area contributed by atoms with Gasteiger partial charge in [-0.05, 0) is 47.9 Å². The average Bonchev–Trinajstić information content (AvgIpc) is 2.67.